The quantitative estimate of drug-likeness (QED) is 0.322. The summed E-state index contributed by atoms with van der Waals surface area (Å²) >= 11 is 0. The number of ether oxygens (including phenoxy) is 1. The lowest BCUT2D eigenvalue weighted by Gasteiger charge is -2.36. The van der Waals surface area contributed by atoms with Gasteiger partial charge in [0.1, 0.15) is 0 Å². The lowest BCUT2D eigenvalue weighted by molar-refractivity contribution is -0.140. The second-order valence-corrected chi connectivity index (χ2v) is 9.35. The molecule has 0 N–H and O–H groups in total. The van der Waals surface area contributed by atoms with E-state index in [0.717, 1.165) is 0 Å². The number of esters is 1. The highest BCUT2D eigenvalue weighted by Gasteiger charge is 2.45. The molecule has 0 spiro atoms. The average Bonchev–Trinajstić information content (AvgIpc) is 2.32. The lowest BCUT2D eigenvalue weighted by Crippen LogP contribution is -2.52. The normalized spacial score (nSPS) is 13.7. The van der Waals surface area contributed by atoms with Crippen LogP contribution in [0.3, 0.4) is 0 Å². The van der Waals surface area contributed by atoms with Crippen molar-refractivity contribution in [2.24, 2.45) is 5.92 Å². The van der Waals surface area contributed by atoms with Gasteiger partial charge in [0.15, 0.2) is 0 Å². The third-order valence-corrected chi connectivity index (χ3v) is 6.38. The second kappa shape index (κ2) is 10.2. The summed E-state index contributed by atoms with van der Waals surface area (Å²) in [5, 5.41) is 0. The molecular weight excluding hydrogens is 312 g/mol. The minimum absolute atomic E-state index is 0.00402. The predicted molar refractivity (Wildman–Crippen MR) is 94.2 cm³/mol. The highest BCUT2D eigenvalue weighted by atomic mass is 28.4. The summed E-state index contributed by atoms with van der Waals surface area (Å²) in [5.74, 6) is -0.301. The van der Waals surface area contributed by atoms with Crippen LogP contribution in [0.2, 0.25) is 6.04 Å². The van der Waals surface area contributed by atoms with Gasteiger partial charge in [-0.1, -0.05) is 13.5 Å². The van der Waals surface area contributed by atoms with Gasteiger partial charge in [0.25, 0.3) is 0 Å². The Kier molecular flexibility index (Phi) is 9.92. The van der Waals surface area contributed by atoms with E-state index in [1.165, 1.54) is 0 Å². The Morgan fingerprint density at radius 3 is 1.61 bits per heavy atom. The number of carbonyl (C=O) groups excluding carboxylic acids is 1. The first-order valence-corrected chi connectivity index (χ1v) is 10.3. The molecule has 136 valence electrons. The molecule has 0 fully saturated rings. The molecule has 0 amide bonds. The van der Waals surface area contributed by atoms with Crippen molar-refractivity contribution in [3.63, 3.8) is 0 Å². The van der Waals surface area contributed by atoms with E-state index < -0.39 is 8.80 Å². The molecule has 0 rings (SSSR count). The van der Waals surface area contributed by atoms with Gasteiger partial charge in [-0.05, 0) is 54.4 Å². The lowest BCUT2D eigenvalue weighted by atomic mass is 10.2. The third-order valence-electron chi connectivity index (χ3n) is 2.69. The highest BCUT2D eigenvalue weighted by Crippen LogP contribution is 2.26. The largest absolute Gasteiger partial charge is 0.502 e. The van der Waals surface area contributed by atoms with Gasteiger partial charge < -0.3 is 18.0 Å². The highest BCUT2D eigenvalue weighted by molar-refractivity contribution is 6.61. The monoisotopic (exact) mass is 346 g/mol. The SMILES string of the molecule is C=C(C)C(=O)OCC(C)C[Si](OC(C)C)(OC(C)C)OC(C)C. The molecule has 0 saturated heterocycles. The van der Waals surface area contributed by atoms with Crippen molar-refractivity contribution >= 4 is 14.8 Å². The Bertz CT molecular complexity index is 353. The fourth-order valence-corrected chi connectivity index (χ4v) is 5.71. The fourth-order valence-electron chi connectivity index (χ4n) is 2.13. The van der Waals surface area contributed by atoms with Crippen molar-refractivity contribution in [1.82, 2.24) is 0 Å². The van der Waals surface area contributed by atoms with Crippen LogP contribution in [0, 0.1) is 5.92 Å². The van der Waals surface area contributed by atoms with Gasteiger partial charge in [-0.2, -0.15) is 0 Å². The molecule has 0 aliphatic rings. The zero-order valence-electron chi connectivity index (χ0n) is 16.0. The van der Waals surface area contributed by atoms with Gasteiger partial charge in [0, 0.05) is 29.9 Å². The van der Waals surface area contributed by atoms with E-state index in [-0.39, 0.29) is 30.2 Å². The molecule has 0 saturated carbocycles. The predicted octanol–water partition coefficient (Wildman–Crippen LogP) is 3.96. The number of carbonyl (C=O) groups is 1. The maximum atomic E-state index is 11.5. The molecule has 23 heavy (non-hydrogen) atoms. The van der Waals surface area contributed by atoms with E-state index in [0.29, 0.717) is 18.2 Å². The van der Waals surface area contributed by atoms with Crippen LogP contribution in [0.15, 0.2) is 12.2 Å². The van der Waals surface area contributed by atoms with E-state index in [2.05, 4.69) is 6.58 Å². The first kappa shape index (κ1) is 22.3. The van der Waals surface area contributed by atoms with Crippen molar-refractivity contribution < 1.29 is 22.8 Å². The average molecular weight is 347 g/mol. The first-order valence-electron chi connectivity index (χ1n) is 8.33. The molecule has 0 aromatic carbocycles. The molecule has 0 radical (unpaired) electrons. The van der Waals surface area contributed by atoms with Crippen LogP contribution in [0.1, 0.15) is 55.4 Å². The fraction of sp³-hybridized carbons (Fsp3) is 0.824. The van der Waals surface area contributed by atoms with Crippen LogP contribution in [0.4, 0.5) is 0 Å². The van der Waals surface area contributed by atoms with Crippen molar-refractivity contribution in [3.8, 4) is 0 Å². The van der Waals surface area contributed by atoms with E-state index in [9.17, 15) is 4.79 Å². The number of rotatable bonds is 11. The zero-order valence-corrected chi connectivity index (χ0v) is 17.0. The summed E-state index contributed by atoms with van der Waals surface area (Å²) in [6.45, 7) is 19.4. The van der Waals surface area contributed by atoms with Gasteiger partial charge >= 0.3 is 14.8 Å². The first-order chi connectivity index (χ1) is 10.5. The standard InChI is InChI=1S/C17H34O5Si/c1-12(2)17(18)19-10-16(9)11-23(20-13(3)4,21-14(5)6)22-15(7)8/h13-16H,1,10-11H2,2-9H3. The summed E-state index contributed by atoms with van der Waals surface area (Å²) in [6, 6.07) is 0.602. The summed E-state index contributed by atoms with van der Waals surface area (Å²) in [7, 11) is -2.86. The number of hydrogen-bond acceptors (Lipinski definition) is 5. The van der Waals surface area contributed by atoms with Crippen LogP contribution in [0.5, 0.6) is 0 Å². The molecular formula is C17H34O5Si. The van der Waals surface area contributed by atoms with Crippen LogP contribution >= 0.6 is 0 Å². The van der Waals surface area contributed by atoms with Gasteiger partial charge in [-0.15, -0.1) is 0 Å². The van der Waals surface area contributed by atoms with Gasteiger partial charge in [0.05, 0.1) is 6.61 Å². The van der Waals surface area contributed by atoms with Crippen molar-refractivity contribution in [1.29, 1.82) is 0 Å². The number of hydrogen-bond donors (Lipinski definition) is 0. The molecule has 0 bridgehead atoms. The molecule has 1 unspecified atom stereocenters. The van der Waals surface area contributed by atoms with Crippen molar-refractivity contribution in [3.05, 3.63) is 12.2 Å². The zero-order chi connectivity index (χ0) is 18.2. The molecule has 0 aliphatic carbocycles. The maximum absolute atomic E-state index is 11.5. The van der Waals surface area contributed by atoms with Gasteiger partial charge in [0.2, 0.25) is 0 Å². The molecule has 0 aromatic rings. The van der Waals surface area contributed by atoms with Crippen molar-refractivity contribution in [2.75, 3.05) is 6.61 Å². The molecule has 0 aromatic heterocycles. The summed E-state index contributed by atoms with van der Waals surface area (Å²) in [5.41, 5.74) is 0.399. The van der Waals surface area contributed by atoms with E-state index >= 15 is 0 Å². The molecule has 5 nitrogen and oxygen atoms in total. The Morgan fingerprint density at radius 1 is 0.913 bits per heavy atom. The third kappa shape index (κ3) is 9.91. The van der Waals surface area contributed by atoms with E-state index in [4.69, 9.17) is 18.0 Å². The minimum Gasteiger partial charge on any atom is -0.462 e. The maximum Gasteiger partial charge on any atom is 0.502 e. The Labute approximate surface area is 142 Å². The molecule has 1 atom stereocenters. The molecule has 0 heterocycles. The van der Waals surface area contributed by atoms with Crippen molar-refractivity contribution in [2.45, 2.75) is 79.7 Å². The van der Waals surface area contributed by atoms with E-state index in [1.807, 2.05) is 48.5 Å². The topological polar surface area (TPSA) is 54.0 Å². The summed E-state index contributed by atoms with van der Waals surface area (Å²) < 4.78 is 23.6. The summed E-state index contributed by atoms with van der Waals surface area (Å²) in [4.78, 5) is 11.5. The molecule has 0 aliphatic heterocycles. The van der Waals surface area contributed by atoms with Gasteiger partial charge in [-0.3, -0.25) is 0 Å². The Hall–Kier alpha value is -0.693. The second-order valence-electron chi connectivity index (χ2n) is 6.87. The van der Waals surface area contributed by atoms with E-state index in [1.54, 1.807) is 6.92 Å². The Balaban J connectivity index is 5.01. The summed E-state index contributed by atoms with van der Waals surface area (Å²) in [6.07, 6.45) is 0.0120. The molecule has 6 heteroatoms. The van der Waals surface area contributed by atoms with Crippen LogP contribution in [-0.2, 0) is 22.8 Å². The van der Waals surface area contributed by atoms with Crippen LogP contribution < -0.4 is 0 Å². The smallest absolute Gasteiger partial charge is 0.462 e. The van der Waals surface area contributed by atoms with Crippen LogP contribution in [0.25, 0.3) is 0 Å². The van der Waals surface area contributed by atoms with Gasteiger partial charge in [-0.25, -0.2) is 4.79 Å². The van der Waals surface area contributed by atoms with Crippen LogP contribution in [-0.4, -0.2) is 39.7 Å². The minimum atomic E-state index is -2.86. The Morgan fingerprint density at radius 2 is 1.30 bits per heavy atom.